The molecule has 0 amide bonds. The maximum atomic E-state index is 10.3. The number of esters is 1. The lowest BCUT2D eigenvalue weighted by molar-refractivity contribution is -0.143. The van der Waals surface area contributed by atoms with Crippen molar-refractivity contribution < 1.29 is 9.53 Å². The molecule has 1 atom stereocenters. The molecule has 0 aliphatic carbocycles. The van der Waals surface area contributed by atoms with Crippen molar-refractivity contribution in [3.8, 4) is 6.07 Å². The SMILES string of the molecule is CC(=O)O[C@@H](C)/C=C/C#N. The van der Waals surface area contributed by atoms with Gasteiger partial charge in [-0.15, -0.1) is 0 Å². The van der Waals surface area contributed by atoms with Crippen LogP contribution in [0, 0.1) is 11.3 Å². The molecule has 54 valence electrons. The summed E-state index contributed by atoms with van der Waals surface area (Å²) >= 11 is 0. The predicted molar refractivity (Wildman–Crippen MR) is 36.0 cm³/mol. The highest BCUT2D eigenvalue weighted by atomic mass is 16.5. The van der Waals surface area contributed by atoms with Gasteiger partial charge in [0.1, 0.15) is 6.10 Å². The van der Waals surface area contributed by atoms with Gasteiger partial charge in [-0.1, -0.05) is 0 Å². The molecule has 3 heteroatoms. The Bertz CT molecular complexity index is 179. The van der Waals surface area contributed by atoms with Crippen LogP contribution in [0.1, 0.15) is 13.8 Å². The van der Waals surface area contributed by atoms with Crippen LogP contribution in [0.25, 0.3) is 0 Å². The van der Waals surface area contributed by atoms with Crippen molar-refractivity contribution in [2.75, 3.05) is 0 Å². The van der Waals surface area contributed by atoms with Gasteiger partial charge in [0, 0.05) is 13.0 Å². The van der Waals surface area contributed by atoms with E-state index in [1.807, 2.05) is 0 Å². The molecule has 0 radical (unpaired) electrons. The molecule has 10 heavy (non-hydrogen) atoms. The second-order valence-corrected chi connectivity index (χ2v) is 1.80. The third-order valence-corrected chi connectivity index (χ3v) is 0.794. The number of nitriles is 1. The van der Waals surface area contributed by atoms with E-state index in [2.05, 4.69) is 4.74 Å². The first-order valence-corrected chi connectivity index (χ1v) is 2.90. The zero-order valence-corrected chi connectivity index (χ0v) is 6.00. The molecule has 0 saturated heterocycles. The highest BCUT2D eigenvalue weighted by Crippen LogP contribution is 1.91. The number of hydrogen-bond donors (Lipinski definition) is 0. The first-order chi connectivity index (χ1) is 4.66. The van der Waals surface area contributed by atoms with E-state index in [-0.39, 0.29) is 12.1 Å². The minimum Gasteiger partial charge on any atom is -0.459 e. The van der Waals surface area contributed by atoms with E-state index in [0.717, 1.165) is 0 Å². The molecule has 0 aliphatic heterocycles. The Morgan fingerprint density at radius 2 is 2.40 bits per heavy atom. The Labute approximate surface area is 59.9 Å². The lowest BCUT2D eigenvalue weighted by Crippen LogP contribution is -2.08. The van der Waals surface area contributed by atoms with Crippen LogP contribution in [0.4, 0.5) is 0 Å². The molecule has 0 spiro atoms. The normalized spacial score (nSPS) is 12.5. The summed E-state index contributed by atoms with van der Waals surface area (Å²) in [5.41, 5.74) is 0. The fraction of sp³-hybridized carbons (Fsp3) is 0.429. The number of ether oxygens (including phenoxy) is 1. The number of allylic oxidation sites excluding steroid dienone is 1. The number of carbonyl (C=O) groups excluding carboxylic acids is 1. The van der Waals surface area contributed by atoms with E-state index in [1.165, 1.54) is 19.1 Å². The summed E-state index contributed by atoms with van der Waals surface area (Å²) in [7, 11) is 0. The zero-order valence-electron chi connectivity index (χ0n) is 6.00. The minimum absolute atomic E-state index is 0.308. The lowest BCUT2D eigenvalue weighted by atomic mass is 10.3. The average Bonchev–Trinajstić information content (AvgIpc) is 1.82. The monoisotopic (exact) mass is 139 g/mol. The van der Waals surface area contributed by atoms with Crippen LogP contribution >= 0.6 is 0 Å². The van der Waals surface area contributed by atoms with Gasteiger partial charge >= 0.3 is 5.97 Å². The Morgan fingerprint density at radius 1 is 1.80 bits per heavy atom. The van der Waals surface area contributed by atoms with Gasteiger partial charge in [-0.2, -0.15) is 5.26 Å². The standard InChI is InChI=1S/C7H9NO2/c1-6(4-3-5-8)10-7(2)9/h3-4,6H,1-2H3/b4-3+/t6-/m0/s1. The average molecular weight is 139 g/mol. The highest BCUT2D eigenvalue weighted by Gasteiger charge is 1.97. The highest BCUT2D eigenvalue weighted by molar-refractivity contribution is 5.66. The second kappa shape index (κ2) is 4.57. The molecule has 0 bridgehead atoms. The van der Waals surface area contributed by atoms with Crippen molar-refractivity contribution in [3.05, 3.63) is 12.2 Å². The summed E-state index contributed by atoms with van der Waals surface area (Å²) in [5.74, 6) is -0.338. The van der Waals surface area contributed by atoms with Gasteiger partial charge in [0.15, 0.2) is 0 Å². The molecule has 0 aromatic rings. The van der Waals surface area contributed by atoms with E-state index in [1.54, 1.807) is 13.0 Å². The van der Waals surface area contributed by atoms with E-state index < -0.39 is 0 Å². The second-order valence-electron chi connectivity index (χ2n) is 1.80. The van der Waals surface area contributed by atoms with Crippen molar-refractivity contribution >= 4 is 5.97 Å². The van der Waals surface area contributed by atoms with Crippen LogP contribution in [0.15, 0.2) is 12.2 Å². The Hall–Kier alpha value is -1.30. The maximum absolute atomic E-state index is 10.3. The molecule has 0 rings (SSSR count). The molecular formula is C7H9NO2. The van der Waals surface area contributed by atoms with Gasteiger partial charge in [0.25, 0.3) is 0 Å². The fourth-order valence-corrected chi connectivity index (χ4v) is 0.480. The van der Waals surface area contributed by atoms with Crippen molar-refractivity contribution in [1.82, 2.24) is 0 Å². The van der Waals surface area contributed by atoms with Gasteiger partial charge in [0.2, 0.25) is 0 Å². The number of nitrogens with zero attached hydrogens (tertiary/aromatic N) is 1. The molecule has 0 heterocycles. The fourth-order valence-electron chi connectivity index (χ4n) is 0.480. The molecule has 0 saturated carbocycles. The Balaban J connectivity index is 3.66. The first-order valence-electron chi connectivity index (χ1n) is 2.90. The number of hydrogen-bond acceptors (Lipinski definition) is 3. The summed E-state index contributed by atoms with van der Waals surface area (Å²) in [6.45, 7) is 3.02. The van der Waals surface area contributed by atoms with Crippen LogP contribution in [-0.4, -0.2) is 12.1 Å². The van der Waals surface area contributed by atoms with E-state index in [9.17, 15) is 4.79 Å². The van der Waals surface area contributed by atoms with Gasteiger partial charge in [-0.05, 0) is 13.0 Å². The lowest BCUT2D eigenvalue weighted by Gasteiger charge is -2.03. The summed E-state index contributed by atoms with van der Waals surface area (Å²) in [6.07, 6.45) is 2.49. The third-order valence-electron chi connectivity index (χ3n) is 0.794. The summed E-state index contributed by atoms with van der Waals surface area (Å²) < 4.78 is 4.68. The van der Waals surface area contributed by atoms with E-state index in [4.69, 9.17) is 5.26 Å². The van der Waals surface area contributed by atoms with Crippen LogP contribution in [0.2, 0.25) is 0 Å². The molecule has 0 aromatic carbocycles. The first kappa shape index (κ1) is 8.70. The van der Waals surface area contributed by atoms with Crippen LogP contribution < -0.4 is 0 Å². The molecule has 0 unspecified atom stereocenters. The van der Waals surface area contributed by atoms with Crippen molar-refractivity contribution in [2.24, 2.45) is 0 Å². The third kappa shape index (κ3) is 4.85. The Morgan fingerprint density at radius 3 is 2.80 bits per heavy atom. The Kier molecular flexibility index (Phi) is 3.97. The van der Waals surface area contributed by atoms with Crippen LogP contribution in [-0.2, 0) is 9.53 Å². The molecule has 0 aliphatic rings. The van der Waals surface area contributed by atoms with Gasteiger partial charge in [-0.3, -0.25) is 4.79 Å². The zero-order chi connectivity index (χ0) is 7.98. The van der Waals surface area contributed by atoms with Gasteiger partial charge < -0.3 is 4.74 Å². The molecule has 0 N–H and O–H groups in total. The van der Waals surface area contributed by atoms with Crippen LogP contribution in [0.5, 0.6) is 0 Å². The maximum Gasteiger partial charge on any atom is 0.303 e. The topological polar surface area (TPSA) is 50.1 Å². The number of carbonyl (C=O) groups is 1. The van der Waals surface area contributed by atoms with Crippen molar-refractivity contribution in [2.45, 2.75) is 20.0 Å². The molecular weight excluding hydrogens is 130 g/mol. The van der Waals surface area contributed by atoms with Crippen molar-refractivity contribution in [3.63, 3.8) is 0 Å². The quantitative estimate of drug-likeness (QED) is 0.424. The van der Waals surface area contributed by atoms with Crippen molar-refractivity contribution in [1.29, 1.82) is 5.26 Å². The smallest absolute Gasteiger partial charge is 0.303 e. The van der Waals surface area contributed by atoms with Gasteiger partial charge in [0.05, 0.1) is 6.07 Å². The molecule has 0 aromatic heterocycles. The van der Waals surface area contributed by atoms with Crippen LogP contribution in [0.3, 0.4) is 0 Å². The largest absolute Gasteiger partial charge is 0.459 e. The summed E-state index contributed by atoms with van der Waals surface area (Å²) in [4.78, 5) is 10.3. The summed E-state index contributed by atoms with van der Waals surface area (Å²) in [6, 6.07) is 1.80. The predicted octanol–water partition coefficient (Wildman–Crippen LogP) is 1.02. The molecule has 3 nitrogen and oxygen atoms in total. The van der Waals surface area contributed by atoms with E-state index in [0.29, 0.717) is 0 Å². The van der Waals surface area contributed by atoms with E-state index >= 15 is 0 Å². The minimum atomic E-state index is -0.338. The molecule has 0 fully saturated rings. The summed E-state index contributed by atoms with van der Waals surface area (Å²) in [5, 5.41) is 8.07. The van der Waals surface area contributed by atoms with Gasteiger partial charge in [-0.25, -0.2) is 0 Å². The number of rotatable bonds is 2.